The number of rotatable bonds is 7. The van der Waals surface area contributed by atoms with Crippen LogP contribution in [-0.2, 0) is 20.9 Å². The van der Waals surface area contributed by atoms with Gasteiger partial charge in [0.25, 0.3) is 5.69 Å². The molecule has 1 aliphatic rings. The molecule has 0 aromatic heterocycles. The Morgan fingerprint density at radius 1 is 1.44 bits per heavy atom. The van der Waals surface area contributed by atoms with Gasteiger partial charge in [0, 0.05) is 18.6 Å². The van der Waals surface area contributed by atoms with Crippen molar-refractivity contribution in [3.05, 3.63) is 51.4 Å². The fourth-order valence-corrected chi connectivity index (χ4v) is 3.04. The third-order valence-electron chi connectivity index (χ3n) is 3.74. The molecule has 0 aliphatic carbocycles. The number of benzene rings is 1. The average molecular weight is 366 g/mol. The van der Waals surface area contributed by atoms with Gasteiger partial charge in [-0.15, -0.1) is 11.8 Å². The molecular formula is C16H18N2O6S. The zero-order valence-electron chi connectivity index (χ0n) is 13.8. The number of hydrogen-bond acceptors (Lipinski definition) is 7. The van der Waals surface area contributed by atoms with Gasteiger partial charge in [-0.2, -0.15) is 0 Å². The van der Waals surface area contributed by atoms with E-state index in [4.69, 9.17) is 4.74 Å². The molecule has 1 N–H and O–H groups in total. The maximum absolute atomic E-state index is 12.4. The normalized spacial score (nSPS) is 17.6. The van der Waals surface area contributed by atoms with Crippen molar-refractivity contribution in [2.45, 2.75) is 31.7 Å². The van der Waals surface area contributed by atoms with E-state index in [1.54, 1.807) is 6.92 Å². The third kappa shape index (κ3) is 4.11. The number of nitro groups is 1. The Morgan fingerprint density at radius 3 is 2.56 bits per heavy atom. The summed E-state index contributed by atoms with van der Waals surface area (Å²) < 4.78 is 5.18. The third-order valence-corrected chi connectivity index (χ3v) is 4.66. The first-order valence-electron chi connectivity index (χ1n) is 7.56. The minimum atomic E-state index is -0.801. The number of amides is 1. The van der Waals surface area contributed by atoms with Gasteiger partial charge >= 0.3 is 5.97 Å². The molecule has 25 heavy (non-hydrogen) atoms. The Morgan fingerprint density at radius 2 is 2.08 bits per heavy atom. The van der Waals surface area contributed by atoms with Gasteiger partial charge in [0.15, 0.2) is 5.70 Å². The van der Waals surface area contributed by atoms with E-state index in [2.05, 4.69) is 0 Å². The summed E-state index contributed by atoms with van der Waals surface area (Å²) in [7, 11) is 0. The summed E-state index contributed by atoms with van der Waals surface area (Å²) in [5, 5.41) is 20.5. The molecule has 2 rings (SSSR count). The van der Waals surface area contributed by atoms with E-state index in [0.29, 0.717) is 12.0 Å². The number of nitrogens with zero attached hydrogens (tertiary/aromatic N) is 2. The molecule has 1 unspecified atom stereocenters. The van der Waals surface area contributed by atoms with E-state index < -0.39 is 10.9 Å². The first-order chi connectivity index (χ1) is 11.9. The van der Waals surface area contributed by atoms with Crippen LogP contribution >= 0.6 is 11.8 Å². The molecule has 8 nitrogen and oxygen atoms in total. The summed E-state index contributed by atoms with van der Waals surface area (Å²) in [6.45, 7) is 1.54. The predicted octanol–water partition coefficient (Wildman–Crippen LogP) is 2.74. The minimum absolute atomic E-state index is 0.0618. The first kappa shape index (κ1) is 18.8. The number of hydrogen-bond donors (Lipinski definition) is 1. The highest BCUT2D eigenvalue weighted by atomic mass is 32.2. The highest BCUT2D eigenvalue weighted by Gasteiger charge is 2.42. The van der Waals surface area contributed by atoms with Crippen LogP contribution in [-0.4, -0.2) is 38.4 Å². The zero-order valence-corrected chi connectivity index (χ0v) is 14.6. The monoisotopic (exact) mass is 366 g/mol. The molecule has 0 spiro atoms. The minimum Gasteiger partial charge on any atom is -0.510 e. The van der Waals surface area contributed by atoms with Gasteiger partial charge in [-0.05, 0) is 24.0 Å². The number of esters is 1. The summed E-state index contributed by atoms with van der Waals surface area (Å²) in [6, 6.07) is 5.58. The topological polar surface area (TPSA) is 110 Å². The quantitative estimate of drug-likeness (QED) is 0.197. The predicted molar refractivity (Wildman–Crippen MR) is 91.6 cm³/mol. The lowest BCUT2D eigenvalue weighted by atomic mass is 10.1. The summed E-state index contributed by atoms with van der Waals surface area (Å²) >= 11 is 1.40. The van der Waals surface area contributed by atoms with Crippen LogP contribution in [0.5, 0.6) is 0 Å². The molecule has 9 heteroatoms. The van der Waals surface area contributed by atoms with E-state index in [1.807, 2.05) is 6.26 Å². The Balaban J connectivity index is 2.10. The summed E-state index contributed by atoms with van der Waals surface area (Å²) in [4.78, 5) is 35.6. The standard InChI is InChI=1S/C16H18N2O6S/c1-3-12(19)15(17-13(20)8-14(17)25-2)16(21)24-9-10-4-6-11(7-5-10)18(22)23/h4-7,14,19H,3,8-9H2,1-2H3. The molecule has 1 heterocycles. The lowest BCUT2D eigenvalue weighted by molar-refractivity contribution is -0.384. The molecular weight excluding hydrogens is 348 g/mol. The Hall–Kier alpha value is -2.55. The lowest BCUT2D eigenvalue weighted by Gasteiger charge is -2.39. The maximum atomic E-state index is 12.4. The van der Waals surface area contributed by atoms with Crippen molar-refractivity contribution in [3.63, 3.8) is 0 Å². The van der Waals surface area contributed by atoms with E-state index in [0.717, 1.165) is 0 Å². The number of aliphatic hydroxyl groups is 1. The molecule has 0 radical (unpaired) electrons. The van der Waals surface area contributed by atoms with Gasteiger partial charge in [0.05, 0.1) is 16.7 Å². The largest absolute Gasteiger partial charge is 0.510 e. The van der Waals surface area contributed by atoms with Crippen molar-refractivity contribution >= 4 is 29.3 Å². The number of carbonyl (C=O) groups is 2. The molecule has 1 aliphatic heterocycles. The van der Waals surface area contributed by atoms with Crippen LogP contribution in [0.1, 0.15) is 25.3 Å². The highest BCUT2D eigenvalue weighted by molar-refractivity contribution is 7.99. The molecule has 1 aromatic rings. The van der Waals surface area contributed by atoms with Crippen LogP contribution in [0.15, 0.2) is 35.7 Å². The zero-order chi connectivity index (χ0) is 18.6. The number of non-ortho nitro benzene ring substituents is 1. The van der Waals surface area contributed by atoms with Crippen LogP contribution in [0.3, 0.4) is 0 Å². The van der Waals surface area contributed by atoms with Gasteiger partial charge in [0.1, 0.15) is 12.4 Å². The van der Waals surface area contributed by atoms with Crippen LogP contribution in [0.4, 0.5) is 5.69 Å². The fourth-order valence-electron chi connectivity index (χ4n) is 2.30. The molecule has 1 amide bonds. The van der Waals surface area contributed by atoms with Crippen molar-refractivity contribution < 1.29 is 24.4 Å². The number of β-lactam (4-membered cyclic amide) rings is 1. The smallest absolute Gasteiger partial charge is 0.358 e. The Bertz CT molecular complexity index is 716. The van der Waals surface area contributed by atoms with Gasteiger partial charge < -0.3 is 9.84 Å². The van der Waals surface area contributed by atoms with Crippen LogP contribution in [0.2, 0.25) is 0 Å². The molecule has 1 saturated heterocycles. The van der Waals surface area contributed by atoms with Gasteiger partial charge in [-0.3, -0.25) is 19.8 Å². The summed E-state index contributed by atoms with van der Waals surface area (Å²) in [5.74, 6) is -1.26. The van der Waals surface area contributed by atoms with Gasteiger partial charge in [0.2, 0.25) is 5.91 Å². The second-order valence-corrected chi connectivity index (χ2v) is 6.32. The number of aliphatic hydroxyl groups excluding tert-OH is 1. The molecule has 1 fully saturated rings. The van der Waals surface area contributed by atoms with Gasteiger partial charge in [-0.25, -0.2) is 4.79 Å². The Kier molecular flexibility index (Phi) is 6.02. The number of thioether (sulfide) groups is 1. The van der Waals surface area contributed by atoms with Crippen LogP contribution in [0.25, 0.3) is 0 Å². The second kappa shape index (κ2) is 8.02. The average Bonchev–Trinajstić information content (AvgIpc) is 2.61. The Labute approximate surface area is 148 Å². The van der Waals surface area contributed by atoms with E-state index in [-0.39, 0.29) is 41.5 Å². The summed E-state index contributed by atoms with van der Waals surface area (Å²) in [5.41, 5.74) is 0.360. The SMILES string of the molecule is CCC(O)=C(C(=O)OCc1ccc([N+](=O)[O-])cc1)N1C(=O)CC1SC. The fraction of sp³-hybridized carbons (Fsp3) is 0.375. The van der Waals surface area contributed by atoms with Crippen molar-refractivity contribution in [1.29, 1.82) is 0 Å². The van der Waals surface area contributed by atoms with Crippen molar-refractivity contribution in [1.82, 2.24) is 4.90 Å². The molecule has 134 valence electrons. The van der Waals surface area contributed by atoms with Crippen molar-refractivity contribution in [2.75, 3.05) is 6.26 Å². The van der Waals surface area contributed by atoms with E-state index >= 15 is 0 Å². The number of likely N-dealkylation sites (tertiary alicyclic amines) is 1. The number of ether oxygens (including phenoxy) is 1. The lowest BCUT2D eigenvalue weighted by Crippen LogP contribution is -2.52. The number of allylic oxidation sites excluding steroid dienone is 1. The maximum Gasteiger partial charge on any atom is 0.358 e. The highest BCUT2D eigenvalue weighted by Crippen LogP contribution is 2.33. The molecule has 0 saturated carbocycles. The second-order valence-electron chi connectivity index (χ2n) is 5.31. The van der Waals surface area contributed by atoms with Crippen molar-refractivity contribution in [3.8, 4) is 0 Å². The molecule has 1 aromatic carbocycles. The van der Waals surface area contributed by atoms with Crippen LogP contribution < -0.4 is 0 Å². The number of carbonyl (C=O) groups excluding carboxylic acids is 2. The molecule has 0 bridgehead atoms. The van der Waals surface area contributed by atoms with Gasteiger partial charge in [-0.1, -0.05) is 6.92 Å². The van der Waals surface area contributed by atoms with Crippen LogP contribution in [0, 0.1) is 10.1 Å². The number of nitro benzene ring substituents is 1. The van der Waals surface area contributed by atoms with Crippen molar-refractivity contribution in [2.24, 2.45) is 0 Å². The summed E-state index contributed by atoms with van der Waals surface area (Å²) in [6.07, 6.45) is 2.30. The first-order valence-corrected chi connectivity index (χ1v) is 8.85. The van der Waals surface area contributed by atoms with E-state index in [1.165, 1.54) is 40.9 Å². The molecule has 1 atom stereocenters. The van der Waals surface area contributed by atoms with E-state index in [9.17, 15) is 24.8 Å².